The predicted octanol–water partition coefficient (Wildman–Crippen LogP) is -0.363. The summed E-state index contributed by atoms with van der Waals surface area (Å²) >= 11 is -4.47. The van der Waals surface area contributed by atoms with Crippen molar-refractivity contribution < 1.29 is 23.9 Å². The molecular weight excluding hydrogens is 217 g/mol. The standard InChI is InChI=1S/2CO.2NO.Ru/c4*1-2;/q;;2*-1;+2. The zero-order chi connectivity index (χ0) is 7.33. The summed E-state index contributed by atoms with van der Waals surface area (Å²) in [5, 5.41) is 0. The molecule has 0 aromatic rings. The van der Waals surface area contributed by atoms with E-state index >= 15 is 0 Å². The minimum absolute atomic E-state index is 0.903. The van der Waals surface area contributed by atoms with Crippen molar-refractivity contribution in [3.8, 4) is 0 Å². The number of rotatable bonds is 2. The first-order valence-electron chi connectivity index (χ1n) is 1.44. The fourth-order valence-corrected chi connectivity index (χ4v) is 0.469. The molecule has 0 aliphatic carbocycles. The second-order valence-corrected chi connectivity index (χ2v) is 4.43. The minimum atomic E-state index is -4.47. The molecule has 0 aromatic heterocycles. The van der Waals surface area contributed by atoms with Gasteiger partial charge in [0.15, 0.2) is 0 Å². The van der Waals surface area contributed by atoms with Gasteiger partial charge in [0.2, 0.25) is 0 Å². The van der Waals surface area contributed by atoms with E-state index in [-0.39, 0.29) is 0 Å². The summed E-state index contributed by atoms with van der Waals surface area (Å²) in [5.41, 5.74) is 0. The van der Waals surface area contributed by atoms with Crippen LogP contribution in [-0.4, -0.2) is 8.95 Å². The monoisotopic (exact) mass is 218 g/mol. The summed E-state index contributed by atoms with van der Waals surface area (Å²) in [5.74, 6) is 0. The zero-order valence-electron chi connectivity index (χ0n) is 3.88. The number of hydrogen-bond acceptors (Lipinski definition) is 6. The normalized spacial score (nSPS) is 10.7. The molecule has 0 spiro atoms. The summed E-state index contributed by atoms with van der Waals surface area (Å²) in [4.78, 5) is 38.3. The van der Waals surface area contributed by atoms with Crippen molar-refractivity contribution in [1.82, 2.24) is 0 Å². The topological polar surface area (TPSA) is 93.0 Å². The summed E-state index contributed by atoms with van der Waals surface area (Å²) in [6, 6.07) is 0. The first-order chi connectivity index (χ1) is 4.24. The number of hydrogen-bond donors (Lipinski definition) is 0. The third-order valence-corrected chi connectivity index (χ3v) is 2.30. The molecule has 0 aliphatic rings. The molecule has 0 heterocycles. The molecule has 0 bridgehead atoms. The van der Waals surface area contributed by atoms with E-state index in [0.29, 0.717) is 0 Å². The van der Waals surface area contributed by atoms with Gasteiger partial charge in [-0.25, -0.2) is 0 Å². The Morgan fingerprint density at radius 2 is 1.33 bits per heavy atom. The molecule has 0 saturated carbocycles. The quantitative estimate of drug-likeness (QED) is 0.466. The molecule has 0 fully saturated rings. The van der Waals surface area contributed by atoms with Crippen LogP contribution in [0.15, 0.2) is 7.84 Å². The summed E-state index contributed by atoms with van der Waals surface area (Å²) in [7, 11) is 0. The molecule has 0 aromatic carbocycles. The van der Waals surface area contributed by atoms with Gasteiger partial charge in [-0.1, -0.05) is 0 Å². The number of carbonyl (C=O) groups excluding carboxylic acids is 2. The Kier molecular flexibility index (Phi) is 2.75. The Bertz CT molecular complexity index is 254. The SMILES string of the molecule is O=[C]=[Ru](=[C]=O)([N]=O)[N]=O. The third-order valence-electron chi connectivity index (χ3n) is 0.388. The van der Waals surface area contributed by atoms with Crippen molar-refractivity contribution >= 4 is 8.95 Å². The van der Waals surface area contributed by atoms with Crippen molar-refractivity contribution in [3.05, 3.63) is 9.81 Å². The fraction of sp³-hybridized carbons (Fsp3) is 0. The van der Waals surface area contributed by atoms with Crippen molar-refractivity contribution in [2.75, 3.05) is 0 Å². The van der Waals surface area contributed by atoms with Gasteiger partial charge in [-0.2, -0.15) is 0 Å². The first-order valence-corrected chi connectivity index (χ1v) is 4.74. The van der Waals surface area contributed by atoms with Crippen LogP contribution in [0, 0.1) is 9.81 Å². The predicted molar refractivity (Wildman–Crippen MR) is 23.0 cm³/mol. The van der Waals surface area contributed by atoms with Crippen molar-refractivity contribution in [2.45, 2.75) is 0 Å². The number of nitrogens with zero attached hydrogens (tertiary/aromatic N) is 2. The molecule has 9 heavy (non-hydrogen) atoms. The second-order valence-electron chi connectivity index (χ2n) is 0.749. The van der Waals surface area contributed by atoms with E-state index in [1.807, 2.05) is 7.84 Å². The van der Waals surface area contributed by atoms with E-state index in [0.717, 1.165) is 8.95 Å². The van der Waals surface area contributed by atoms with Crippen LogP contribution in [0.1, 0.15) is 0 Å². The van der Waals surface area contributed by atoms with Crippen LogP contribution in [-0.2, 0) is 23.9 Å². The van der Waals surface area contributed by atoms with Gasteiger partial charge in [-0.15, -0.1) is 0 Å². The van der Waals surface area contributed by atoms with E-state index in [1.165, 1.54) is 0 Å². The van der Waals surface area contributed by atoms with E-state index in [4.69, 9.17) is 0 Å². The summed E-state index contributed by atoms with van der Waals surface area (Å²) in [6.07, 6.45) is 0. The Morgan fingerprint density at radius 3 is 1.33 bits per heavy atom. The Balaban J connectivity index is 5.73. The molecular formula is C2N2O4Ru. The van der Waals surface area contributed by atoms with E-state index in [9.17, 15) is 19.4 Å². The van der Waals surface area contributed by atoms with Gasteiger partial charge in [0.05, 0.1) is 0 Å². The average molecular weight is 217 g/mol. The third kappa shape index (κ3) is 1.44. The molecule has 0 N–H and O–H groups in total. The van der Waals surface area contributed by atoms with Gasteiger partial charge >= 0.3 is 50.5 Å². The van der Waals surface area contributed by atoms with Crippen LogP contribution in [0.25, 0.3) is 0 Å². The van der Waals surface area contributed by atoms with Crippen LogP contribution >= 0.6 is 0 Å². The van der Waals surface area contributed by atoms with Gasteiger partial charge in [-0.3, -0.25) is 0 Å². The zero-order valence-corrected chi connectivity index (χ0v) is 5.62. The van der Waals surface area contributed by atoms with Crippen LogP contribution in [0.3, 0.4) is 0 Å². The molecule has 0 saturated heterocycles. The maximum atomic E-state index is 9.62. The molecule has 0 amide bonds. The molecule has 0 rings (SSSR count). The van der Waals surface area contributed by atoms with Gasteiger partial charge in [0.1, 0.15) is 0 Å². The molecule has 0 unspecified atom stereocenters. The van der Waals surface area contributed by atoms with Gasteiger partial charge in [0.25, 0.3) is 0 Å². The van der Waals surface area contributed by atoms with E-state index in [2.05, 4.69) is 0 Å². The Labute approximate surface area is 51.2 Å². The van der Waals surface area contributed by atoms with Crippen molar-refractivity contribution in [1.29, 1.82) is 0 Å². The van der Waals surface area contributed by atoms with Crippen LogP contribution in [0.2, 0.25) is 0 Å². The van der Waals surface area contributed by atoms with Crippen LogP contribution < -0.4 is 0 Å². The Morgan fingerprint density at radius 1 is 1.00 bits per heavy atom. The van der Waals surface area contributed by atoms with E-state index < -0.39 is 14.3 Å². The molecule has 6 nitrogen and oxygen atoms in total. The summed E-state index contributed by atoms with van der Waals surface area (Å²) < 4.78 is 5.74. The first kappa shape index (κ1) is 7.98. The van der Waals surface area contributed by atoms with Crippen LogP contribution in [0.4, 0.5) is 0 Å². The maximum absolute atomic E-state index is 9.62. The Hall–Kier alpha value is -1.02. The molecule has 50 valence electrons. The summed E-state index contributed by atoms with van der Waals surface area (Å²) in [6.45, 7) is 0. The van der Waals surface area contributed by atoms with Crippen LogP contribution in [0.5, 0.6) is 0 Å². The second kappa shape index (κ2) is 3.10. The average Bonchev–Trinajstić information content (AvgIpc) is 1.95. The fourth-order valence-electron chi connectivity index (χ4n) is 0.0792. The molecule has 0 radical (unpaired) electrons. The van der Waals surface area contributed by atoms with Gasteiger partial charge in [-0.05, 0) is 0 Å². The van der Waals surface area contributed by atoms with E-state index in [1.54, 1.807) is 0 Å². The van der Waals surface area contributed by atoms with Crippen molar-refractivity contribution in [2.24, 2.45) is 7.84 Å². The molecule has 0 aliphatic heterocycles. The van der Waals surface area contributed by atoms with Crippen molar-refractivity contribution in [3.63, 3.8) is 0 Å². The number of nitroso groups, excluding NO2 is 2. The molecule has 0 atom stereocenters. The molecule has 7 heteroatoms. The van der Waals surface area contributed by atoms with Gasteiger partial charge in [0, 0.05) is 0 Å². The van der Waals surface area contributed by atoms with Gasteiger partial charge < -0.3 is 0 Å².